The van der Waals surface area contributed by atoms with Crippen molar-refractivity contribution in [3.05, 3.63) is 17.2 Å². The maximum atomic E-state index is 11.4. The number of aromatic carboxylic acids is 1. The lowest BCUT2D eigenvalue weighted by molar-refractivity contribution is -0.142. The lowest BCUT2D eigenvalue weighted by Gasteiger charge is -2.26. The Morgan fingerprint density at radius 3 is 2.52 bits per heavy atom. The van der Waals surface area contributed by atoms with Gasteiger partial charge in [-0.25, -0.2) is 9.78 Å². The van der Waals surface area contributed by atoms with Gasteiger partial charge in [0.25, 0.3) is 0 Å². The molecule has 0 spiro atoms. The average Bonchev–Trinajstić information content (AvgIpc) is 2.87. The molecule has 2 N–H and O–H groups in total. The molecule has 2 aliphatic rings. The van der Waals surface area contributed by atoms with Gasteiger partial charge in [0.2, 0.25) is 0 Å². The number of carboxylic acids is 2. The monoisotopic (exact) mass is 310 g/mol. The minimum absolute atomic E-state index is 0.0502. The first-order valence-electron chi connectivity index (χ1n) is 7.21. The number of carboxylic acid groups (broad SMARTS) is 2. The summed E-state index contributed by atoms with van der Waals surface area (Å²) in [5.74, 6) is 0.906. The van der Waals surface area contributed by atoms with Crippen LogP contribution in [0.15, 0.2) is 0 Å². The predicted octanol–water partition coefficient (Wildman–Crippen LogP) is 1.84. The third-order valence-electron chi connectivity index (χ3n) is 4.38. The van der Waals surface area contributed by atoms with Crippen molar-refractivity contribution >= 4 is 23.7 Å². The lowest BCUT2D eigenvalue weighted by atomic mass is 9.94. The minimum Gasteiger partial charge on any atom is -0.481 e. The van der Waals surface area contributed by atoms with Gasteiger partial charge in [-0.3, -0.25) is 4.79 Å². The smallest absolute Gasteiger partial charge is 0.356 e. The average molecular weight is 310 g/mol. The van der Waals surface area contributed by atoms with Gasteiger partial charge < -0.3 is 14.8 Å². The van der Waals surface area contributed by atoms with Crippen molar-refractivity contribution in [3.8, 4) is 0 Å². The molecule has 21 heavy (non-hydrogen) atoms. The number of hydrogen-bond donors (Lipinski definition) is 2. The molecule has 0 amide bonds. The van der Waals surface area contributed by atoms with Crippen molar-refractivity contribution in [3.63, 3.8) is 0 Å². The molecule has 1 fully saturated rings. The van der Waals surface area contributed by atoms with Gasteiger partial charge in [-0.15, -0.1) is 0 Å². The number of carbonyl (C=O) groups is 2. The van der Waals surface area contributed by atoms with Gasteiger partial charge in [0.05, 0.1) is 11.6 Å². The van der Waals surface area contributed by atoms with Crippen molar-refractivity contribution in [2.45, 2.75) is 38.1 Å². The van der Waals surface area contributed by atoms with E-state index in [9.17, 15) is 14.7 Å². The van der Waals surface area contributed by atoms with E-state index in [2.05, 4.69) is 4.98 Å². The van der Waals surface area contributed by atoms with Crippen molar-refractivity contribution < 1.29 is 19.8 Å². The van der Waals surface area contributed by atoms with Crippen LogP contribution in [0, 0.1) is 5.92 Å². The Bertz CT molecular complexity index is 578. The van der Waals surface area contributed by atoms with E-state index in [1.165, 1.54) is 0 Å². The molecule has 1 aromatic heterocycles. The summed E-state index contributed by atoms with van der Waals surface area (Å²) in [5.41, 5.74) is 0.642. The highest BCUT2D eigenvalue weighted by Crippen LogP contribution is 2.35. The normalized spacial score (nSPS) is 22.8. The van der Waals surface area contributed by atoms with E-state index >= 15 is 0 Å². The molecule has 3 heterocycles. The highest BCUT2D eigenvalue weighted by atomic mass is 32.2. The summed E-state index contributed by atoms with van der Waals surface area (Å²) in [6, 6.07) is 0. The molecular formula is C14H18N2O4S. The fourth-order valence-electron chi connectivity index (χ4n) is 3.23. The summed E-state index contributed by atoms with van der Waals surface area (Å²) in [4.78, 5) is 27.0. The Kier molecular flexibility index (Phi) is 3.93. The SMILES string of the molecule is O=C(O)c1nc(C2CCSCC2)n2c1CC(C(=O)O)CC2. The summed E-state index contributed by atoms with van der Waals surface area (Å²) in [6.45, 7) is 0.561. The highest BCUT2D eigenvalue weighted by molar-refractivity contribution is 7.99. The molecule has 2 aliphatic heterocycles. The van der Waals surface area contributed by atoms with Crippen LogP contribution in [-0.2, 0) is 17.8 Å². The zero-order valence-electron chi connectivity index (χ0n) is 11.6. The van der Waals surface area contributed by atoms with E-state index < -0.39 is 17.9 Å². The number of fused-ring (bicyclic) bond motifs is 1. The molecule has 114 valence electrons. The van der Waals surface area contributed by atoms with Crippen molar-refractivity contribution in [1.29, 1.82) is 0 Å². The number of aliphatic carboxylic acids is 1. The van der Waals surface area contributed by atoms with Crippen molar-refractivity contribution in [2.75, 3.05) is 11.5 Å². The van der Waals surface area contributed by atoms with Gasteiger partial charge >= 0.3 is 11.9 Å². The lowest BCUT2D eigenvalue weighted by Crippen LogP contribution is -2.27. The van der Waals surface area contributed by atoms with Crippen molar-refractivity contribution in [1.82, 2.24) is 9.55 Å². The third kappa shape index (κ3) is 2.66. The standard InChI is InChI=1S/C14H18N2O4S/c17-13(18)9-1-4-16-10(7-9)11(14(19)20)15-12(16)8-2-5-21-6-3-8/h8-9H,1-7H2,(H,17,18)(H,19,20). The second-order valence-corrected chi connectivity index (χ2v) is 6.86. The van der Waals surface area contributed by atoms with Gasteiger partial charge in [0.1, 0.15) is 5.82 Å². The van der Waals surface area contributed by atoms with Gasteiger partial charge in [-0.05, 0) is 30.8 Å². The van der Waals surface area contributed by atoms with E-state index in [1.807, 2.05) is 16.3 Å². The summed E-state index contributed by atoms with van der Waals surface area (Å²) < 4.78 is 1.98. The molecule has 6 nitrogen and oxygen atoms in total. The Hall–Kier alpha value is -1.50. The summed E-state index contributed by atoms with van der Waals surface area (Å²) in [6.07, 6.45) is 2.85. The van der Waals surface area contributed by atoms with Gasteiger partial charge in [-0.2, -0.15) is 11.8 Å². The van der Waals surface area contributed by atoms with E-state index in [0.717, 1.165) is 30.2 Å². The molecule has 1 aromatic rings. The van der Waals surface area contributed by atoms with Gasteiger partial charge in [-0.1, -0.05) is 0 Å². The molecule has 0 saturated carbocycles. The third-order valence-corrected chi connectivity index (χ3v) is 5.43. The van der Waals surface area contributed by atoms with Gasteiger partial charge in [0, 0.05) is 18.9 Å². The fourth-order valence-corrected chi connectivity index (χ4v) is 4.34. The first kappa shape index (κ1) is 14.4. The topological polar surface area (TPSA) is 92.4 Å². The Labute approximate surface area is 126 Å². The van der Waals surface area contributed by atoms with Crippen LogP contribution in [0.2, 0.25) is 0 Å². The molecule has 0 radical (unpaired) electrons. The van der Waals surface area contributed by atoms with Crippen molar-refractivity contribution in [2.24, 2.45) is 5.92 Å². The van der Waals surface area contributed by atoms with Crippen LogP contribution in [0.3, 0.4) is 0 Å². The molecule has 1 saturated heterocycles. The minimum atomic E-state index is -1.05. The molecule has 3 rings (SSSR count). The Morgan fingerprint density at radius 1 is 1.19 bits per heavy atom. The van der Waals surface area contributed by atoms with Crippen LogP contribution in [0.25, 0.3) is 0 Å². The molecular weight excluding hydrogens is 292 g/mol. The largest absolute Gasteiger partial charge is 0.481 e. The first-order chi connectivity index (χ1) is 10.1. The maximum Gasteiger partial charge on any atom is 0.356 e. The van der Waals surface area contributed by atoms with Crippen LogP contribution in [0.1, 0.15) is 47.2 Å². The van der Waals surface area contributed by atoms with E-state index in [1.54, 1.807) is 0 Å². The molecule has 1 atom stereocenters. The molecule has 0 bridgehead atoms. The van der Waals surface area contributed by atoms with Crippen LogP contribution in [0.5, 0.6) is 0 Å². The number of aromatic nitrogens is 2. The van der Waals surface area contributed by atoms with Crippen LogP contribution in [-0.4, -0.2) is 43.2 Å². The first-order valence-corrected chi connectivity index (χ1v) is 8.36. The van der Waals surface area contributed by atoms with Crippen LogP contribution >= 0.6 is 11.8 Å². The Balaban J connectivity index is 1.98. The fraction of sp³-hybridized carbons (Fsp3) is 0.643. The number of rotatable bonds is 3. The number of thioether (sulfide) groups is 1. The highest BCUT2D eigenvalue weighted by Gasteiger charge is 2.33. The molecule has 0 aliphatic carbocycles. The van der Waals surface area contributed by atoms with Gasteiger partial charge in [0.15, 0.2) is 5.69 Å². The molecule has 0 aromatic carbocycles. The zero-order chi connectivity index (χ0) is 15.0. The quantitative estimate of drug-likeness (QED) is 0.885. The summed E-state index contributed by atoms with van der Waals surface area (Å²) in [5, 5.41) is 18.5. The van der Waals surface area contributed by atoms with E-state index in [0.29, 0.717) is 24.6 Å². The second kappa shape index (κ2) is 5.71. The van der Waals surface area contributed by atoms with Crippen LogP contribution < -0.4 is 0 Å². The number of imidazole rings is 1. The second-order valence-electron chi connectivity index (χ2n) is 5.64. The predicted molar refractivity (Wildman–Crippen MR) is 77.9 cm³/mol. The summed E-state index contributed by atoms with van der Waals surface area (Å²) in [7, 11) is 0. The molecule has 7 heteroatoms. The van der Waals surface area contributed by atoms with E-state index in [4.69, 9.17) is 5.11 Å². The summed E-state index contributed by atoms with van der Waals surface area (Å²) >= 11 is 1.92. The zero-order valence-corrected chi connectivity index (χ0v) is 12.4. The van der Waals surface area contributed by atoms with Crippen LogP contribution in [0.4, 0.5) is 0 Å². The molecule has 1 unspecified atom stereocenters. The number of nitrogens with zero attached hydrogens (tertiary/aromatic N) is 2. The van der Waals surface area contributed by atoms with E-state index in [-0.39, 0.29) is 12.1 Å². The maximum absolute atomic E-state index is 11.4. The Morgan fingerprint density at radius 2 is 1.90 bits per heavy atom. The number of hydrogen-bond acceptors (Lipinski definition) is 4.